The van der Waals surface area contributed by atoms with Gasteiger partial charge in [-0.2, -0.15) is 4.98 Å². The number of fused-ring (bicyclic) bond motifs is 1. The van der Waals surface area contributed by atoms with Crippen LogP contribution in [0, 0.1) is 26.6 Å². The number of aromatic nitrogens is 4. The van der Waals surface area contributed by atoms with Gasteiger partial charge in [-0.05, 0) is 67.3 Å². The molecule has 0 spiro atoms. The van der Waals surface area contributed by atoms with Crippen molar-refractivity contribution in [3.8, 4) is 5.95 Å². The second-order valence-corrected chi connectivity index (χ2v) is 6.72. The third kappa shape index (κ3) is 3.38. The minimum absolute atomic E-state index is 0.194. The molecule has 0 saturated heterocycles. The van der Waals surface area contributed by atoms with Gasteiger partial charge in [-0.1, -0.05) is 12.1 Å². The predicted octanol–water partition coefficient (Wildman–Crippen LogP) is 4.49. The molecular formula is C21H20FN5. The first kappa shape index (κ1) is 17.1. The fraction of sp³-hybridized carbons (Fsp3) is 0.190. The van der Waals surface area contributed by atoms with Crippen LogP contribution in [-0.4, -0.2) is 19.5 Å². The summed E-state index contributed by atoms with van der Waals surface area (Å²) in [6, 6.07) is 11.1. The molecule has 0 fully saturated rings. The van der Waals surface area contributed by atoms with Gasteiger partial charge < -0.3 is 5.32 Å². The second-order valence-electron chi connectivity index (χ2n) is 6.72. The maximum Gasteiger partial charge on any atom is 0.237 e. The molecule has 0 unspecified atom stereocenters. The normalized spacial score (nSPS) is 11.1. The van der Waals surface area contributed by atoms with E-state index in [1.807, 2.05) is 16.7 Å². The summed E-state index contributed by atoms with van der Waals surface area (Å²) in [5, 5.41) is 3.27. The van der Waals surface area contributed by atoms with Crippen LogP contribution < -0.4 is 5.32 Å². The number of nitrogens with zero attached hydrogens (tertiary/aromatic N) is 4. The number of imidazole rings is 1. The number of aryl methyl sites for hydroxylation is 3. The highest BCUT2D eigenvalue weighted by Crippen LogP contribution is 2.21. The third-order valence-corrected chi connectivity index (χ3v) is 4.72. The Kier molecular flexibility index (Phi) is 4.32. The zero-order valence-electron chi connectivity index (χ0n) is 15.5. The molecule has 0 atom stereocenters. The lowest BCUT2D eigenvalue weighted by Crippen LogP contribution is -2.06. The van der Waals surface area contributed by atoms with Crippen LogP contribution in [0.3, 0.4) is 0 Å². The summed E-state index contributed by atoms with van der Waals surface area (Å²) >= 11 is 0. The maximum absolute atomic E-state index is 13.4. The zero-order chi connectivity index (χ0) is 19.0. The average Bonchev–Trinajstić information content (AvgIpc) is 3.06. The van der Waals surface area contributed by atoms with Gasteiger partial charge in [-0.25, -0.2) is 14.4 Å². The van der Waals surface area contributed by atoms with Crippen LogP contribution in [0.4, 0.5) is 10.2 Å². The second kappa shape index (κ2) is 6.79. The minimum atomic E-state index is -0.194. The van der Waals surface area contributed by atoms with Crippen molar-refractivity contribution in [2.45, 2.75) is 27.3 Å². The Balaban J connectivity index is 1.61. The van der Waals surface area contributed by atoms with E-state index in [2.05, 4.69) is 46.2 Å². The van der Waals surface area contributed by atoms with Gasteiger partial charge in [0.05, 0.1) is 11.0 Å². The highest BCUT2D eigenvalue weighted by atomic mass is 19.1. The summed E-state index contributed by atoms with van der Waals surface area (Å²) in [5.74, 6) is 1.06. The Bertz CT molecular complexity index is 1130. The smallest absolute Gasteiger partial charge is 0.237 e. The number of benzene rings is 2. The third-order valence-electron chi connectivity index (χ3n) is 4.72. The molecule has 0 bridgehead atoms. The van der Waals surface area contributed by atoms with Gasteiger partial charge in [-0.15, -0.1) is 0 Å². The number of anilines is 1. The number of rotatable bonds is 4. The minimum Gasteiger partial charge on any atom is -0.366 e. The number of hydrogen-bond donors (Lipinski definition) is 1. The van der Waals surface area contributed by atoms with E-state index in [0.29, 0.717) is 23.9 Å². The van der Waals surface area contributed by atoms with Crippen molar-refractivity contribution in [3.63, 3.8) is 0 Å². The van der Waals surface area contributed by atoms with Gasteiger partial charge in [0, 0.05) is 12.7 Å². The molecule has 2 heterocycles. The van der Waals surface area contributed by atoms with E-state index in [-0.39, 0.29) is 5.82 Å². The van der Waals surface area contributed by atoms with E-state index in [9.17, 15) is 4.39 Å². The molecule has 27 heavy (non-hydrogen) atoms. The quantitative estimate of drug-likeness (QED) is 0.582. The van der Waals surface area contributed by atoms with Crippen molar-refractivity contribution in [2.24, 2.45) is 0 Å². The first-order valence-corrected chi connectivity index (χ1v) is 8.78. The monoisotopic (exact) mass is 361 g/mol. The lowest BCUT2D eigenvalue weighted by atomic mass is 10.1. The summed E-state index contributed by atoms with van der Waals surface area (Å²) in [7, 11) is 0. The molecule has 1 N–H and O–H groups in total. The Morgan fingerprint density at radius 1 is 0.963 bits per heavy atom. The van der Waals surface area contributed by atoms with E-state index in [1.54, 1.807) is 25.5 Å². The van der Waals surface area contributed by atoms with Gasteiger partial charge in [0.25, 0.3) is 0 Å². The fourth-order valence-electron chi connectivity index (χ4n) is 3.00. The summed E-state index contributed by atoms with van der Waals surface area (Å²) < 4.78 is 15.3. The van der Waals surface area contributed by atoms with Crippen LogP contribution in [0.1, 0.15) is 22.3 Å². The van der Waals surface area contributed by atoms with E-state index in [1.165, 1.54) is 17.2 Å². The summed E-state index contributed by atoms with van der Waals surface area (Å²) in [5.41, 5.74) is 5.93. The molecule has 0 radical (unpaired) electrons. The highest BCUT2D eigenvalue weighted by molar-refractivity contribution is 5.78. The topological polar surface area (TPSA) is 55.6 Å². The van der Waals surface area contributed by atoms with Crippen LogP contribution in [-0.2, 0) is 6.54 Å². The number of nitrogens with one attached hydrogen (secondary N) is 1. The Hall–Kier alpha value is -3.28. The molecule has 0 aliphatic carbocycles. The highest BCUT2D eigenvalue weighted by Gasteiger charge is 2.09. The predicted molar refractivity (Wildman–Crippen MR) is 105 cm³/mol. The van der Waals surface area contributed by atoms with Gasteiger partial charge >= 0.3 is 0 Å². The SMILES string of the molecule is Cc1cc2ncn(-c3nccc(NCc4ccc(F)c(C)c4)n3)c2cc1C. The van der Waals surface area contributed by atoms with Gasteiger partial charge in [0.2, 0.25) is 5.95 Å². The van der Waals surface area contributed by atoms with E-state index < -0.39 is 0 Å². The molecule has 2 aromatic heterocycles. The van der Waals surface area contributed by atoms with Gasteiger partial charge in [-0.3, -0.25) is 4.57 Å². The number of halogens is 1. The van der Waals surface area contributed by atoms with E-state index in [0.717, 1.165) is 16.6 Å². The van der Waals surface area contributed by atoms with Crippen molar-refractivity contribution in [1.82, 2.24) is 19.5 Å². The maximum atomic E-state index is 13.4. The fourth-order valence-corrected chi connectivity index (χ4v) is 3.00. The van der Waals surface area contributed by atoms with Crippen molar-refractivity contribution in [1.29, 1.82) is 0 Å². The lowest BCUT2D eigenvalue weighted by molar-refractivity contribution is 0.617. The van der Waals surface area contributed by atoms with Crippen molar-refractivity contribution < 1.29 is 4.39 Å². The Morgan fingerprint density at radius 3 is 2.59 bits per heavy atom. The molecule has 0 saturated carbocycles. The van der Waals surface area contributed by atoms with E-state index >= 15 is 0 Å². The van der Waals surface area contributed by atoms with Crippen LogP contribution in [0.5, 0.6) is 0 Å². The molecule has 2 aromatic carbocycles. The van der Waals surface area contributed by atoms with Crippen LogP contribution in [0.2, 0.25) is 0 Å². The first-order chi connectivity index (χ1) is 13.0. The molecule has 0 aliphatic rings. The summed E-state index contributed by atoms with van der Waals surface area (Å²) in [6.07, 6.45) is 3.46. The van der Waals surface area contributed by atoms with Crippen molar-refractivity contribution in [3.05, 3.63) is 77.0 Å². The molecule has 0 amide bonds. The van der Waals surface area contributed by atoms with Crippen LogP contribution in [0.25, 0.3) is 17.0 Å². The van der Waals surface area contributed by atoms with Crippen LogP contribution in [0.15, 0.2) is 48.9 Å². The van der Waals surface area contributed by atoms with Gasteiger partial charge in [0.15, 0.2) is 0 Å². The Labute approximate surface area is 156 Å². The van der Waals surface area contributed by atoms with Crippen molar-refractivity contribution in [2.75, 3.05) is 5.32 Å². The molecule has 0 aliphatic heterocycles. The largest absolute Gasteiger partial charge is 0.366 e. The van der Waals surface area contributed by atoms with E-state index in [4.69, 9.17) is 0 Å². The lowest BCUT2D eigenvalue weighted by Gasteiger charge is -2.09. The van der Waals surface area contributed by atoms with Crippen LogP contribution >= 0.6 is 0 Å². The molecule has 4 rings (SSSR count). The molecule has 5 nitrogen and oxygen atoms in total. The first-order valence-electron chi connectivity index (χ1n) is 8.78. The molecule has 6 heteroatoms. The zero-order valence-corrected chi connectivity index (χ0v) is 15.5. The standard InChI is InChI=1S/C21H20FN5/c1-13-9-18-19(10-14(13)2)27(12-25-18)21-23-7-6-20(26-21)24-11-16-4-5-17(22)15(3)8-16/h4-10,12H,11H2,1-3H3,(H,23,24,26). The van der Waals surface area contributed by atoms with Crippen molar-refractivity contribution >= 4 is 16.9 Å². The summed E-state index contributed by atoms with van der Waals surface area (Å²) in [4.78, 5) is 13.5. The summed E-state index contributed by atoms with van der Waals surface area (Å²) in [6.45, 7) is 6.47. The number of hydrogen-bond acceptors (Lipinski definition) is 4. The van der Waals surface area contributed by atoms with Gasteiger partial charge in [0.1, 0.15) is 18.0 Å². The Morgan fingerprint density at radius 2 is 1.78 bits per heavy atom. The molecular weight excluding hydrogens is 341 g/mol. The molecule has 4 aromatic rings. The molecule has 136 valence electrons. The average molecular weight is 361 g/mol.